The molecule has 136 valence electrons. The lowest BCUT2D eigenvalue weighted by Crippen LogP contribution is -2.56. The molecule has 5 nitrogen and oxygen atoms in total. The van der Waals surface area contributed by atoms with Crippen LogP contribution in [0.5, 0.6) is 0 Å². The number of rotatable bonds is 2. The topological polar surface area (TPSA) is 69.7 Å². The molecule has 0 aromatic carbocycles. The summed E-state index contributed by atoms with van der Waals surface area (Å²) < 4.78 is 10.7. The summed E-state index contributed by atoms with van der Waals surface area (Å²) in [7, 11) is 1.41. The first-order valence-electron chi connectivity index (χ1n) is 8.85. The number of hydrogen-bond donors (Lipinski definition) is 0. The molecule has 0 bridgehead atoms. The largest absolute Gasteiger partial charge is 0.493 e. The lowest BCUT2D eigenvalue weighted by molar-refractivity contribution is -0.156. The molecule has 25 heavy (non-hydrogen) atoms. The summed E-state index contributed by atoms with van der Waals surface area (Å²) in [5, 5.41) is 0. The van der Waals surface area contributed by atoms with Crippen LogP contribution in [-0.2, 0) is 23.9 Å². The quantitative estimate of drug-likeness (QED) is 0.568. The standard InChI is InChI=1S/C20H26O5/c1-11(21)25-13-10-15-19(2,3)7-6-8-20(15,4)17-16(13)12(22)9-14(24-5)18(17)23/h9-10,13,16-17H,6-8H2,1-5H3/t13-,16?,17?,20?/m1/s1. The van der Waals surface area contributed by atoms with E-state index in [0.717, 1.165) is 24.8 Å². The Morgan fingerprint density at radius 1 is 1.20 bits per heavy atom. The fraction of sp³-hybridized carbons (Fsp3) is 0.650. The molecule has 3 aliphatic carbocycles. The van der Waals surface area contributed by atoms with Crippen LogP contribution < -0.4 is 0 Å². The molecule has 0 aromatic heterocycles. The maximum Gasteiger partial charge on any atom is 0.303 e. The molecule has 0 aliphatic heterocycles. The van der Waals surface area contributed by atoms with Gasteiger partial charge in [0.15, 0.2) is 11.5 Å². The molecule has 4 atom stereocenters. The highest BCUT2D eigenvalue weighted by molar-refractivity contribution is 6.10. The molecule has 3 rings (SSSR count). The van der Waals surface area contributed by atoms with Crippen molar-refractivity contribution in [3.8, 4) is 0 Å². The van der Waals surface area contributed by atoms with Crippen LogP contribution in [0.15, 0.2) is 23.5 Å². The van der Waals surface area contributed by atoms with Crippen molar-refractivity contribution in [3.05, 3.63) is 23.5 Å². The van der Waals surface area contributed by atoms with Gasteiger partial charge in [0.05, 0.1) is 13.0 Å². The van der Waals surface area contributed by atoms with Gasteiger partial charge in [-0.3, -0.25) is 14.4 Å². The molecule has 0 radical (unpaired) electrons. The summed E-state index contributed by atoms with van der Waals surface area (Å²) in [4.78, 5) is 37.5. The van der Waals surface area contributed by atoms with Gasteiger partial charge in [-0.2, -0.15) is 0 Å². The Labute approximate surface area is 148 Å². The van der Waals surface area contributed by atoms with E-state index >= 15 is 0 Å². The van der Waals surface area contributed by atoms with E-state index < -0.39 is 29.3 Å². The summed E-state index contributed by atoms with van der Waals surface area (Å²) in [6, 6.07) is 0. The maximum absolute atomic E-state index is 13.1. The van der Waals surface area contributed by atoms with Gasteiger partial charge >= 0.3 is 5.97 Å². The molecule has 1 fully saturated rings. The smallest absolute Gasteiger partial charge is 0.303 e. The average molecular weight is 346 g/mol. The number of esters is 1. The van der Waals surface area contributed by atoms with Gasteiger partial charge in [0.25, 0.3) is 0 Å². The number of fused-ring (bicyclic) bond motifs is 3. The second kappa shape index (κ2) is 5.82. The molecule has 3 aliphatic rings. The molecule has 5 heteroatoms. The minimum atomic E-state index is -0.700. The first kappa shape index (κ1) is 17.9. The van der Waals surface area contributed by atoms with Crippen molar-refractivity contribution in [1.29, 1.82) is 0 Å². The summed E-state index contributed by atoms with van der Waals surface area (Å²) in [5.41, 5.74) is 0.597. The van der Waals surface area contributed by atoms with E-state index in [9.17, 15) is 14.4 Å². The van der Waals surface area contributed by atoms with Crippen molar-refractivity contribution < 1.29 is 23.9 Å². The van der Waals surface area contributed by atoms with Crippen molar-refractivity contribution in [2.75, 3.05) is 7.11 Å². The summed E-state index contributed by atoms with van der Waals surface area (Å²) in [6.07, 6.45) is 5.35. The van der Waals surface area contributed by atoms with E-state index in [1.807, 2.05) is 6.08 Å². The zero-order valence-corrected chi connectivity index (χ0v) is 15.5. The molecular formula is C20H26O5. The third-order valence-corrected chi connectivity index (χ3v) is 6.22. The highest BCUT2D eigenvalue weighted by Gasteiger charge is 2.59. The second-order valence-corrected chi connectivity index (χ2v) is 8.29. The van der Waals surface area contributed by atoms with Gasteiger partial charge in [-0.15, -0.1) is 0 Å². The average Bonchev–Trinajstić information content (AvgIpc) is 2.50. The fourth-order valence-electron chi connectivity index (χ4n) is 5.22. The van der Waals surface area contributed by atoms with Crippen LogP contribution in [0.4, 0.5) is 0 Å². The molecule has 0 aromatic rings. The van der Waals surface area contributed by atoms with Gasteiger partial charge in [0, 0.05) is 24.3 Å². The number of carbonyl (C=O) groups is 3. The molecule has 0 amide bonds. The zero-order chi connectivity index (χ0) is 18.6. The van der Waals surface area contributed by atoms with Gasteiger partial charge in [0.2, 0.25) is 5.78 Å². The van der Waals surface area contributed by atoms with Crippen molar-refractivity contribution in [1.82, 2.24) is 0 Å². The van der Waals surface area contributed by atoms with E-state index in [-0.39, 0.29) is 22.7 Å². The molecule has 0 heterocycles. The number of allylic oxidation sites excluding steroid dienone is 3. The van der Waals surface area contributed by atoms with Crippen LogP contribution in [0, 0.1) is 22.7 Å². The number of ketones is 2. The van der Waals surface area contributed by atoms with E-state index in [4.69, 9.17) is 9.47 Å². The normalized spacial score (nSPS) is 36.6. The van der Waals surface area contributed by atoms with Gasteiger partial charge < -0.3 is 9.47 Å². The summed E-state index contributed by atoms with van der Waals surface area (Å²) >= 11 is 0. The minimum absolute atomic E-state index is 0.103. The van der Waals surface area contributed by atoms with Crippen LogP contribution in [0.25, 0.3) is 0 Å². The Morgan fingerprint density at radius 3 is 2.48 bits per heavy atom. The second-order valence-electron chi connectivity index (χ2n) is 8.29. The molecule has 0 spiro atoms. The van der Waals surface area contributed by atoms with Crippen molar-refractivity contribution in [3.63, 3.8) is 0 Å². The van der Waals surface area contributed by atoms with Gasteiger partial charge in [-0.05, 0) is 24.3 Å². The SMILES string of the molecule is COC1=CC(=O)C2C(C1=O)C1(C)CCCC(C)(C)C1=C[C@H]2OC(C)=O. The molecule has 0 N–H and O–H groups in total. The number of ether oxygens (including phenoxy) is 2. The van der Waals surface area contributed by atoms with Crippen molar-refractivity contribution >= 4 is 17.5 Å². The Balaban J connectivity index is 2.20. The van der Waals surface area contributed by atoms with Gasteiger partial charge in [0.1, 0.15) is 6.10 Å². The predicted octanol–water partition coefficient (Wildman–Crippen LogP) is 2.99. The monoisotopic (exact) mass is 346 g/mol. The molecular weight excluding hydrogens is 320 g/mol. The van der Waals surface area contributed by atoms with E-state index in [1.54, 1.807) is 0 Å². The predicted molar refractivity (Wildman–Crippen MR) is 91.5 cm³/mol. The maximum atomic E-state index is 13.1. The van der Waals surface area contributed by atoms with E-state index in [2.05, 4.69) is 20.8 Å². The third kappa shape index (κ3) is 2.64. The van der Waals surface area contributed by atoms with Gasteiger partial charge in [-0.1, -0.05) is 32.8 Å². The van der Waals surface area contributed by atoms with E-state index in [0.29, 0.717) is 0 Å². The number of carbonyl (C=O) groups excluding carboxylic acids is 3. The Hall–Kier alpha value is -1.91. The Bertz CT molecular complexity index is 699. The van der Waals surface area contributed by atoms with Crippen LogP contribution in [0.2, 0.25) is 0 Å². The zero-order valence-electron chi connectivity index (χ0n) is 15.5. The fourth-order valence-corrected chi connectivity index (χ4v) is 5.22. The van der Waals surface area contributed by atoms with Gasteiger partial charge in [-0.25, -0.2) is 0 Å². The number of methoxy groups -OCH3 is 1. The Morgan fingerprint density at radius 2 is 1.88 bits per heavy atom. The van der Waals surface area contributed by atoms with Crippen LogP contribution in [-0.4, -0.2) is 30.7 Å². The Kier molecular flexibility index (Phi) is 4.17. The summed E-state index contributed by atoms with van der Waals surface area (Å²) in [6.45, 7) is 7.72. The van der Waals surface area contributed by atoms with Crippen LogP contribution in [0.1, 0.15) is 47.0 Å². The van der Waals surface area contributed by atoms with Crippen LogP contribution >= 0.6 is 0 Å². The lowest BCUT2D eigenvalue weighted by Gasteiger charge is -2.55. The molecule has 3 unspecified atom stereocenters. The lowest BCUT2D eigenvalue weighted by atomic mass is 9.48. The molecule has 0 saturated heterocycles. The minimum Gasteiger partial charge on any atom is -0.493 e. The highest BCUT2D eigenvalue weighted by Crippen LogP contribution is 2.60. The first-order valence-corrected chi connectivity index (χ1v) is 8.85. The molecule has 1 saturated carbocycles. The van der Waals surface area contributed by atoms with Crippen molar-refractivity contribution in [2.24, 2.45) is 22.7 Å². The van der Waals surface area contributed by atoms with E-state index in [1.165, 1.54) is 20.1 Å². The number of hydrogen-bond acceptors (Lipinski definition) is 5. The van der Waals surface area contributed by atoms with Crippen LogP contribution in [0.3, 0.4) is 0 Å². The highest BCUT2D eigenvalue weighted by atomic mass is 16.5. The first-order chi connectivity index (χ1) is 11.6. The third-order valence-electron chi connectivity index (χ3n) is 6.22. The number of Topliss-reactive ketones (excluding diaryl/α,β-unsaturated/α-hetero) is 1. The van der Waals surface area contributed by atoms with Crippen molar-refractivity contribution in [2.45, 2.75) is 53.1 Å². The summed E-state index contributed by atoms with van der Waals surface area (Å²) in [5.74, 6) is -1.91.